The number of aryl methyl sites for hydroxylation is 1. The van der Waals surface area contributed by atoms with E-state index < -0.39 is 0 Å². The average Bonchev–Trinajstić information content (AvgIpc) is 3.00. The van der Waals surface area contributed by atoms with Gasteiger partial charge in [-0.3, -0.25) is 0 Å². The van der Waals surface area contributed by atoms with Crippen LogP contribution in [0.2, 0.25) is 0 Å². The molecule has 0 saturated carbocycles. The molecule has 122 valence electrons. The van der Waals surface area contributed by atoms with Gasteiger partial charge in [0.2, 0.25) is 0 Å². The lowest BCUT2D eigenvalue weighted by Crippen LogP contribution is -1.97. The van der Waals surface area contributed by atoms with E-state index in [1.165, 1.54) is 21.8 Å². The maximum Gasteiger partial charge on any atom is 0.0491 e. The normalized spacial score (nSPS) is 10.7. The van der Waals surface area contributed by atoms with Crippen LogP contribution in [0.1, 0.15) is 24.8 Å². The van der Waals surface area contributed by atoms with E-state index in [0.29, 0.717) is 0 Å². The summed E-state index contributed by atoms with van der Waals surface area (Å²) in [6, 6.07) is 27.6. The van der Waals surface area contributed by atoms with E-state index in [1.807, 2.05) is 18.2 Å². The van der Waals surface area contributed by atoms with Crippen molar-refractivity contribution in [3.63, 3.8) is 0 Å². The second-order valence-corrected chi connectivity index (χ2v) is 6.31. The minimum Gasteiger partial charge on any atom is -0.340 e. The standard InChI is InChI=1S/C24H21N/c1(4-12-20-13-5-3-6-14-20)2-11-19-25-23-17-9-7-15-21(23)22-16-8-10-18-24(22)25/h3,5-10,13-18H,1-2,11,19H2. The van der Waals surface area contributed by atoms with Gasteiger partial charge in [0.15, 0.2) is 0 Å². The van der Waals surface area contributed by atoms with E-state index in [-0.39, 0.29) is 0 Å². The summed E-state index contributed by atoms with van der Waals surface area (Å²) >= 11 is 0. The van der Waals surface area contributed by atoms with Crippen molar-refractivity contribution in [2.75, 3.05) is 0 Å². The third-order valence-corrected chi connectivity index (χ3v) is 4.62. The van der Waals surface area contributed by atoms with Crippen LogP contribution in [0, 0.1) is 11.8 Å². The lowest BCUT2D eigenvalue weighted by molar-refractivity contribution is 0.646. The van der Waals surface area contributed by atoms with Crippen molar-refractivity contribution in [1.29, 1.82) is 0 Å². The molecule has 0 radical (unpaired) electrons. The lowest BCUT2D eigenvalue weighted by Gasteiger charge is -2.06. The van der Waals surface area contributed by atoms with Gasteiger partial charge in [0.05, 0.1) is 0 Å². The minimum atomic E-state index is 0.950. The summed E-state index contributed by atoms with van der Waals surface area (Å²) in [7, 11) is 0. The molecule has 1 heteroatoms. The second-order valence-electron chi connectivity index (χ2n) is 6.31. The molecule has 0 spiro atoms. The second kappa shape index (κ2) is 7.28. The Balaban J connectivity index is 1.45. The number of hydrogen-bond donors (Lipinski definition) is 0. The molecule has 0 aliphatic carbocycles. The molecule has 0 amide bonds. The van der Waals surface area contributed by atoms with Crippen LogP contribution in [-0.4, -0.2) is 4.57 Å². The van der Waals surface area contributed by atoms with Gasteiger partial charge < -0.3 is 4.57 Å². The predicted octanol–water partition coefficient (Wildman–Crippen LogP) is 6.02. The Morgan fingerprint density at radius 1 is 0.640 bits per heavy atom. The highest BCUT2D eigenvalue weighted by molar-refractivity contribution is 6.07. The van der Waals surface area contributed by atoms with Crippen LogP contribution in [-0.2, 0) is 6.54 Å². The summed E-state index contributed by atoms with van der Waals surface area (Å²) in [6.07, 6.45) is 3.22. The molecule has 4 aromatic rings. The van der Waals surface area contributed by atoms with Crippen molar-refractivity contribution >= 4 is 21.8 Å². The predicted molar refractivity (Wildman–Crippen MR) is 107 cm³/mol. The first-order valence-corrected chi connectivity index (χ1v) is 8.93. The van der Waals surface area contributed by atoms with Crippen LogP contribution >= 0.6 is 0 Å². The molecular formula is C24H21N. The fourth-order valence-electron chi connectivity index (χ4n) is 3.41. The number of nitrogens with zero attached hydrogens (tertiary/aromatic N) is 1. The zero-order valence-corrected chi connectivity index (χ0v) is 14.3. The van der Waals surface area contributed by atoms with Gasteiger partial charge in [-0.25, -0.2) is 0 Å². The summed E-state index contributed by atoms with van der Waals surface area (Å²) in [6.45, 7) is 1.04. The fourth-order valence-corrected chi connectivity index (χ4v) is 3.41. The van der Waals surface area contributed by atoms with E-state index in [0.717, 1.165) is 31.4 Å². The Hall–Kier alpha value is -2.98. The number of unbranched alkanes of at least 4 members (excludes halogenated alkanes) is 2. The van der Waals surface area contributed by atoms with E-state index in [1.54, 1.807) is 0 Å². The van der Waals surface area contributed by atoms with Gasteiger partial charge in [0, 0.05) is 40.3 Å². The molecule has 0 N–H and O–H groups in total. The van der Waals surface area contributed by atoms with E-state index in [9.17, 15) is 0 Å². The van der Waals surface area contributed by atoms with Crippen LogP contribution in [0.15, 0.2) is 78.9 Å². The molecule has 1 heterocycles. The zero-order chi connectivity index (χ0) is 16.9. The highest BCUT2D eigenvalue weighted by Gasteiger charge is 2.08. The fraction of sp³-hybridized carbons (Fsp3) is 0.167. The van der Waals surface area contributed by atoms with Crippen molar-refractivity contribution in [1.82, 2.24) is 4.57 Å². The maximum atomic E-state index is 3.30. The molecule has 1 nitrogen and oxygen atoms in total. The number of rotatable bonds is 4. The van der Waals surface area contributed by atoms with Gasteiger partial charge in [0.25, 0.3) is 0 Å². The zero-order valence-electron chi connectivity index (χ0n) is 14.3. The van der Waals surface area contributed by atoms with E-state index >= 15 is 0 Å². The summed E-state index contributed by atoms with van der Waals surface area (Å²) in [5.74, 6) is 6.54. The Morgan fingerprint density at radius 3 is 1.92 bits per heavy atom. The van der Waals surface area contributed by atoms with Crippen LogP contribution in [0.5, 0.6) is 0 Å². The number of para-hydroxylation sites is 2. The Labute approximate surface area is 148 Å². The highest BCUT2D eigenvalue weighted by Crippen LogP contribution is 2.28. The molecule has 25 heavy (non-hydrogen) atoms. The highest BCUT2D eigenvalue weighted by atomic mass is 15.0. The van der Waals surface area contributed by atoms with Gasteiger partial charge in [-0.2, -0.15) is 0 Å². The summed E-state index contributed by atoms with van der Waals surface area (Å²) in [4.78, 5) is 0. The summed E-state index contributed by atoms with van der Waals surface area (Å²) in [5.41, 5.74) is 3.77. The van der Waals surface area contributed by atoms with E-state index in [2.05, 4.69) is 77.1 Å². The van der Waals surface area contributed by atoms with Crippen molar-refractivity contribution in [2.45, 2.75) is 25.8 Å². The Kier molecular flexibility index (Phi) is 4.53. The number of benzene rings is 3. The van der Waals surface area contributed by atoms with Gasteiger partial charge in [-0.15, -0.1) is 0 Å². The monoisotopic (exact) mass is 323 g/mol. The Bertz CT molecular complexity index is 992. The maximum absolute atomic E-state index is 3.30. The molecule has 4 rings (SSSR count). The third kappa shape index (κ3) is 3.30. The SMILES string of the molecule is C(#Cc1ccccc1)CCCCn1c2ccccc2c2ccccc21. The molecule has 3 aromatic carbocycles. The third-order valence-electron chi connectivity index (χ3n) is 4.62. The molecule has 0 saturated heterocycles. The number of fused-ring (bicyclic) bond motifs is 3. The van der Waals surface area contributed by atoms with Crippen molar-refractivity contribution in [3.05, 3.63) is 84.4 Å². The first-order valence-electron chi connectivity index (χ1n) is 8.93. The van der Waals surface area contributed by atoms with Crippen LogP contribution in [0.3, 0.4) is 0 Å². The molecule has 0 atom stereocenters. The average molecular weight is 323 g/mol. The quantitative estimate of drug-likeness (QED) is 0.320. The minimum absolute atomic E-state index is 0.950. The lowest BCUT2D eigenvalue weighted by atomic mass is 10.2. The number of hydrogen-bond acceptors (Lipinski definition) is 0. The van der Waals surface area contributed by atoms with Crippen molar-refractivity contribution in [2.24, 2.45) is 0 Å². The van der Waals surface area contributed by atoms with E-state index in [4.69, 9.17) is 0 Å². The topological polar surface area (TPSA) is 4.93 Å². The van der Waals surface area contributed by atoms with Gasteiger partial charge in [0.1, 0.15) is 0 Å². The van der Waals surface area contributed by atoms with Crippen LogP contribution in [0.4, 0.5) is 0 Å². The van der Waals surface area contributed by atoms with Crippen LogP contribution < -0.4 is 0 Å². The molecular weight excluding hydrogens is 302 g/mol. The van der Waals surface area contributed by atoms with Crippen LogP contribution in [0.25, 0.3) is 21.8 Å². The molecule has 0 aliphatic rings. The molecule has 0 unspecified atom stereocenters. The van der Waals surface area contributed by atoms with Gasteiger partial charge in [-0.1, -0.05) is 66.4 Å². The molecule has 0 fully saturated rings. The van der Waals surface area contributed by atoms with Crippen molar-refractivity contribution < 1.29 is 0 Å². The molecule has 0 aliphatic heterocycles. The summed E-state index contributed by atoms with van der Waals surface area (Å²) < 4.78 is 2.45. The Morgan fingerprint density at radius 2 is 1.24 bits per heavy atom. The first kappa shape index (κ1) is 15.5. The number of aromatic nitrogens is 1. The first-order chi connectivity index (χ1) is 12.4. The van der Waals surface area contributed by atoms with Crippen molar-refractivity contribution in [3.8, 4) is 11.8 Å². The smallest absolute Gasteiger partial charge is 0.0491 e. The van der Waals surface area contributed by atoms with Gasteiger partial charge >= 0.3 is 0 Å². The summed E-state index contributed by atoms with van der Waals surface area (Å²) in [5, 5.41) is 2.70. The molecule has 1 aromatic heterocycles. The largest absolute Gasteiger partial charge is 0.340 e. The van der Waals surface area contributed by atoms with Gasteiger partial charge in [-0.05, 0) is 37.1 Å². The molecule has 0 bridgehead atoms.